The first-order valence-electron chi connectivity index (χ1n) is 11.0. The summed E-state index contributed by atoms with van der Waals surface area (Å²) in [4.78, 5) is 23.2. The lowest BCUT2D eigenvalue weighted by molar-refractivity contribution is -0.749. The normalized spacial score (nSPS) is 14.4. The van der Waals surface area contributed by atoms with E-state index >= 15 is 0 Å². The molecule has 0 aliphatic heterocycles. The molecule has 0 saturated heterocycles. The van der Waals surface area contributed by atoms with E-state index in [2.05, 4.69) is 25.3 Å². The van der Waals surface area contributed by atoms with E-state index in [0.29, 0.717) is 16.6 Å². The van der Waals surface area contributed by atoms with Gasteiger partial charge in [0.2, 0.25) is 0 Å². The van der Waals surface area contributed by atoms with Gasteiger partial charge in [0.05, 0.1) is 34.6 Å². The van der Waals surface area contributed by atoms with Crippen molar-refractivity contribution >= 4 is 41.5 Å². The summed E-state index contributed by atoms with van der Waals surface area (Å²) in [5.41, 5.74) is 4.24. The number of benzene rings is 2. The molecule has 0 unspecified atom stereocenters. The van der Waals surface area contributed by atoms with Crippen LogP contribution in [0.15, 0.2) is 58.8 Å². The number of carbonyl (C=O) groups is 2. The Balaban J connectivity index is 1.42. The molecule has 1 aliphatic rings. The first kappa shape index (κ1) is 24.0. The van der Waals surface area contributed by atoms with Crippen molar-refractivity contribution in [2.45, 2.75) is 43.3 Å². The number of rotatable bonds is 8. The predicted octanol–water partition coefficient (Wildman–Crippen LogP) is 3.13. The Hall–Kier alpha value is -3.17. The molecule has 1 amide bonds. The van der Waals surface area contributed by atoms with E-state index in [1.54, 1.807) is 12.1 Å². The van der Waals surface area contributed by atoms with Crippen molar-refractivity contribution in [3.05, 3.63) is 64.7 Å². The lowest BCUT2D eigenvalue weighted by atomic mass is 9.95. The van der Waals surface area contributed by atoms with Crippen LogP contribution in [0.2, 0.25) is 5.02 Å². The van der Waals surface area contributed by atoms with E-state index < -0.39 is 5.97 Å². The number of carbonyl (C=O) groups excluding carboxylic acids is 2. The summed E-state index contributed by atoms with van der Waals surface area (Å²) in [6.45, 7) is 0. The van der Waals surface area contributed by atoms with Crippen LogP contribution in [0.25, 0.3) is 11.4 Å². The molecule has 1 heterocycles. The molecule has 0 atom stereocenters. The molecule has 3 aromatic rings. The minimum absolute atomic E-state index is 0.0841. The van der Waals surface area contributed by atoms with Crippen LogP contribution in [0.5, 0.6) is 0 Å². The highest BCUT2D eigenvalue weighted by Gasteiger charge is 2.30. The summed E-state index contributed by atoms with van der Waals surface area (Å²) in [6, 6.07) is 14.0. The number of aromatic carboxylic acids is 1. The van der Waals surface area contributed by atoms with Gasteiger partial charge in [0.15, 0.2) is 0 Å². The fourth-order valence-corrected chi connectivity index (χ4v) is 4.88. The molecule has 1 aliphatic carbocycles. The molecule has 1 fully saturated rings. The van der Waals surface area contributed by atoms with Crippen LogP contribution in [-0.4, -0.2) is 34.0 Å². The third-order valence-electron chi connectivity index (χ3n) is 5.64. The average Bonchev–Trinajstić information content (AvgIpc) is 3.28. The Labute approximate surface area is 206 Å². The fourth-order valence-electron chi connectivity index (χ4n) is 3.94. The first-order valence-corrected chi connectivity index (χ1v) is 12.4. The number of nitrogens with one attached hydrogen (secondary N) is 2. The molecule has 176 valence electrons. The summed E-state index contributed by atoms with van der Waals surface area (Å²) in [7, 11) is 0. The van der Waals surface area contributed by atoms with Crippen molar-refractivity contribution in [1.82, 2.24) is 15.6 Å². The summed E-state index contributed by atoms with van der Waals surface area (Å²) >= 11 is 7.41. The number of hydrogen-bond donors (Lipinski definition) is 2. The average molecular weight is 498 g/mol. The van der Waals surface area contributed by atoms with Gasteiger partial charge in [0.25, 0.3) is 11.7 Å². The number of amides is 1. The highest BCUT2D eigenvalue weighted by atomic mass is 35.5. The van der Waals surface area contributed by atoms with Gasteiger partial charge in [-0.15, -0.1) is 5.10 Å². The lowest BCUT2D eigenvalue weighted by Gasteiger charge is -2.21. The van der Waals surface area contributed by atoms with E-state index in [9.17, 15) is 14.7 Å². The van der Waals surface area contributed by atoms with Gasteiger partial charge >= 0.3 is 5.16 Å². The summed E-state index contributed by atoms with van der Waals surface area (Å²) in [5, 5.41) is 23.9. The van der Waals surface area contributed by atoms with Crippen molar-refractivity contribution in [3.63, 3.8) is 0 Å². The molecular formula is C24H24ClN5O3S. The zero-order chi connectivity index (χ0) is 23.9. The predicted molar refractivity (Wildman–Crippen MR) is 129 cm³/mol. The minimum atomic E-state index is -1.24. The standard InChI is InChI=1S/C24H24ClN5O3S/c25-19-12-10-17(11-13-19)22-28-29-24(30(22)20-4-2-1-3-5-20)34-15-21(31)27-26-14-16-6-8-18(9-7-16)23(32)33/h6-14,20H,1-5,15H2,(H2,27,31,32,33)/b26-14+. The van der Waals surface area contributed by atoms with Crippen LogP contribution in [0, 0.1) is 0 Å². The Bertz CT molecular complexity index is 1170. The zero-order valence-electron chi connectivity index (χ0n) is 18.4. The minimum Gasteiger partial charge on any atom is -0.545 e. The summed E-state index contributed by atoms with van der Waals surface area (Å²) in [5.74, 6) is -0.446. The second-order valence-corrected chi connectivity index (χ2v) is 9.39. The number of nitrogens with zero attached hydrogens (tertiary/aromatic N) is 3. The number of aromatic nitrogens is 3. The first-order chi connectivity index (χ1) is 16.5. The number of H-pyrrole nitrogens is 1. The van der Waals surface area contributed by atoms with E-state index in [1.165, 1.54) is 49.4 Å². The van der Waals surface area contributed by atoms with Crippen LogP contribution in [0.1, 0.15) is 54.1 Å². The van der Waals surface area contributed by atoms with E-state index in [-0.39, 0.29) is 17.2 Å². The Morgan fingerprint density at radius 2 is 1.85 bits per heavy atom. The molecule has 10 heteroatoms. The maximum Gasteiger partial charge on any atom is 0.337 e. The molecule has 0 spiro atoms. The van der Waals surface area contributed by atoms with Gasteiger partial charge in [-0.2, -0.15) is 5.10 Å². The number of thioether (sulfide) groups is 1. The van der Waals surface area contributed by atoms with Crippen LogP contribution in [0.4, 0.5) is 0 Å². The number of carboxylic acids is 1. The maximum absolute atomic E-state index is 12.4. The van der Waals surface area contributed by atoms with Crippen molar-refractivity contribution < 1.29 is 19.3 Å². The number of halogens is 1. The molecule has 0 bridgehead atoms. The Morgan fingerprint density at radius 3 is 2.53 bits per heavy atom. The van der Waals surface area contributed by atoms with Gasteiger partial charge in [-0.1, -0.05) is 42.3 Å². The number of hydrazone groups is 1. The quantitative estimate of drug-likeness (QED) is 0.215. The second-order valence-electron chi connectivity index (χ2n) is 8.01. The van der Waals surface area contributed by atoms with E-state index in [0.717, 1.165) is 29.4 Å². The van der Waals surface area contributed by atoms with Gasteiger partial charge in [-0.25, -0.2) is 9.99 Å². The molecular weight excluding hydrogens is 474 g/mol. The summed E-state index contributed by atoms with van der Waals surface area (Å²) < 4.78 is 2.21. The molecule has 4 rings (SSSR count). The highest BCUT2D eigenvalue weighted by molar-refractivity contribution is 7.99. The number of hydrogen-bond acceptors (Lipinski definition) is 6. The maximum atomic E-state index is 12.4. The SMILES string of the molecule is O=C(CSc1n[nH]c(-c2ccc(Cl)cc2)[n+]1C1CCCCC1)N/N=C/c1ccc(C(=O)[O-])cc1. The number of aromatic amines is 1. The zero-order valence-corrected chi connectivity index (χ0v) is 19.9. The highest BCUT2D eigenvalue weighted by Crippen LogP contribution is 2.29. The Kier molecular flexibility index (Phi) is 7.97. The molecule has 0 radical (unpaired) electrons. The topological polar surface area (TPSA) is 114 Å². The summed E-state index contributed by atoms with van der Waals surface area (Å²) in [6.07, 6.45) is 7.19. The molecule has 34 heavy (non-hydrogen) atoms. The van der Waals surface area contributed by atoms with E-state index in [1.807, 2.05) is 24.3 Å². The van der Waals surface area contributed by atoms with Crippen LogP contribution < -0.4 is 15.1 Å². The lowest BCUT2D eigenvalue weighted by Crippen LogP contribution is -2.43. The second kappa shape index (κ2) is 11.3. The van der Waals surface area contributed by atoms with Gasteiger partial charge in [-0.3, -0.25) is 4.79 Å². The van der Waals surface area contributed by atoms with Gasteiger partial charge < -0.3 is 9.90 Å². The molecule has 2 aromatic carbocycles. The third kappa shape index (κ3) is 6.03. The number of carboxylic acid groups (broad SMARTS) is 1. The monoisotopic (exact) mass is 497 g/mol. The Morgan fingerprint density at radius 1 is 1.15 bits per heavy atom. The van der Waals surface area contributed by atoms with Crippen LogP contribution in [-0.2, 0) is 4.79 Å². The smallest absolute Gasteiger partial charge is 0.337 e. The molecule has 1 saturated carbocycles. The van der Waals surface area contributed by atoms with Crippen LogP contribution in [0.3, 0.4) is 0 Å². The van der Waals surface area contributed by atoms with Gasteiger partial charge in [0, 0.05) is 5.02 Å². The fraction of sp³-hybridized carbons (Fsp3) is 0.292. The van der Waals surface area contributed by atoms with Crippen LogP contribution >= 0.6 is 23.4 Å². The van der Waals surface area contributed by atoms with E-state index in [4.69, 9.17) is 11.6 Å². The molecule has 1 aromatic heterocycles. The van der Waals surface area contributed by atoms with Gasteiger partial charge in [-0.05, 0) is 72.8 Å². The van der Waals surface area contributed by atoms with Crippen molar-refractivity contribution in [3.8, 4) is 11.4 Å². The third-order valence-corrected chi connectivity index (χ3v) is 6.85. The van der Waals surface area contributed by atoms with Crippen molar-refractivity contribution in [2.75, 3.05) is 5.75 Å². The largest absolute Gasteiger partial charge is 0.545 e. The van der Waals surface area contributed by atoms with Gasteiger partial charge in [0.1, 0.15) is 0 Å². The van der Waals surface area contributed by atoms with Crippen molar-refractivity contribution in [1.29, 1.82) is 0 Å². The van der Waals surface area contributed by atoms with Crippen molar-refractivity contribution in [2.24, 2.45) is 5.10 Å². The molecule has 2 N–H and O–H groups in total. The molecule has 8 nitrogen and oxygen atoms in total.